The van der Waals surface area contributed by atoms with Gasteiger partial charge in [0.1, 0.15) is 12.2 Å². The first-order chi connectivity index (χ1) is 16.4. The first-order valence-corrected chi connectivity index (χ1v) is 11.3. The van der Waals surface area contributed by atoms with E-state index in [0.29, 0.717) is 22.7 Å². The fourth-order valence-corrected chi connectivity index (χ4v) is 4.20. The van der Waals surface area contributed by atoms with Crippen molar-refractivity contribution < 1.29 is 23.9 Å². The van der Waals surface area contributed by atoms with Gasteiger partial charge in [0.25, 0.3) is 11.8 Å². The summed E-state index contributed by atoms with van der Waals surface area (Å²) >= 11 is 2.10. The molecule has 0 bridgehead atoms. The Bertz CT molecular complexity index is 1310. The van der Waals surface area contributed by atoms with Gasteiger partial charge in [0.15, 0.2) is 11.5 Å². The third-order valence-electron chi connectivity index (χ3n) is 5.01. The van der Waals surface area contributed by atoms with Crippen LogP contribution in [0.5, 0.6) is 11.5 Å². The number of halogens is 1. The molecule has 1 saturated heterocycles. The molecule has 1 aliphatic heterocycles. The summed E-state index contributed by atoms with van der Waals surface area (Å²) in [6.07, 6.45) is 3.12. The smallest absolute Gasteiger partial charge is 0.335 e. The highest BCUT2D eigenvalue weighted by molar-refractivity contribution is 14.1. The van der Waals surface area contributed by atoms with E-state index in [9.17, 15) is 14.4 Å². The first kappa shape index (κ1) is 23.4. The first-order valence-electron chi connectivity index (χ1n) is 10.3. The molecule has 1 N–H and O–H groups in total. The summed E-state index contributed by atoms with van der Waals surface area (Å²) in [7, 11) is 1.51. The molecule has 172 valence electrons. The second kappa shape index (κ2) is 10.0. The molecule has 1 aliphatic rings. The van der Waals surface area contributed by atoms with Crippen molar-refractivity contribution in [1.29, 1.82) is 0 Å². The minimum atomic E-state index is -0.789. The summed E-state index contributed by atoms with van der Waals surface area (Å²) in [6, 6.07) is 15.1. The Morgan fingerprint density at radius 2 is 1.91 bits per heavy atom. The van der Waals surface area contributed by atoms with Crippen LogP contribution in [0.1, 0.15) is 16.8 Å². The molecule has 4 rings (SSSR count). The van der Waals surface area contributed by atoms with Crippen LogP contribution in [0, 0.1) is 10.5 Å². The Morgan fingerprint density at radius 3 is 2.62 bits per heavy atom. The van der Waals surface area contributed by atoms with Gasteiger partial charge in [-0.1, -0.05) is 18.2 Å². The molecule has 0 aliphatic carbocycles. The Hall–Kier alpha value is -3.73. The van der Waals surface area contributed by atoms with Gasteiger partial charge >= 0.3 is 6.03 Å². The monoisotopic (exact) mass is 569 g/mol. The molecule has 0 unspecified atom stereocenters. The number of pyridine rings is 1. The zero-order valence-electron chi connectivity index (χ0n) is 18.4. The third-order valence-corrected chi connectivity index (χ3v) is 5.82. The number of urea groups is 1. The van der Waals surface area contributed by atoms with Crippen molar-refractivity contribution in [3.63, 3.8) is 0 Å². The highest BCUT2D eigenvalue weighted by Gasteiger charge is 2.36. The molecule has 9 heteroatoms. The maximum atomic E-state index is 13.1. The molecule has 1 aromatic heterocycles. The summed E-state index contributed by atoms with van der Waals surface area (Å²) < 4.78 is 12.1. The van der Waals surface area contributed by atoms with Gasteiger partial charge in [0.2, 0.25) is 0 Å². The van der Waals surface area contributed by atoms with Crippen molar-refractivity contribution in [1.82, 2.24) is 10.3 Å². The number of barbiturate groups is 1. The third kappa shape index (κ3) is 4.93. The van der Waals surface area contributed by atoms with Gasteiger partial charge < -0.3 is 9.47 Å². The van der Waals surface area contributed by atoms with Crippen LogP contribution in [0.15, 0.2) is 66.4 Å². The SMILES string of the molecule is COc1cc(/C=C2\C(=O)NC(=O)N(c3cccc(C)c3)C2=O)cc(I)c1OCc1ccccn1. The van der Waals surface area contributed by atoms with E-state index < -0.39 is 17.8 Å². The number of benzene rings is 2. The van der Waals surface area contributed by atoms with Gasteiger partial charge in [-0.05, 0) is 83.1 Å². The predicted octanol–water partition coefficient (Wildman–Crippen LogP) is 4.25. The second-order valence-electron chi connectivity index (χ2n) is 7.44. The lowest BCUT2D eigenvalue weighted by Crippen LogP contribution is -2.54. The molecule has 0 atom stereocenters. The van der Waals surface area contributed by atoms with Crippen LogP contribution in [0.25, 0.3) is 6.08 Å². The molecule has 0 spiro atoms. The molecular weight excluding hydrogens is 549 g/mol. The number of nitrogens with zero attached hydrogens (tertiary/aromatic N) is 2. The van der Waals surface area contributed by atoms with Crippen LogP contribution >= 0.6 is 22.6 Å². The molecule has 0 radical (unpaired) electrons. The number of carbonyl (C=O) groups excluding carboxylic acids is 3. The maximum absolute atomic E-state index is 13.1. The van der Waals surface area contributed by atoms with Crippen molar-refractivity contribution in [2.75, 3.05) is 12.0 Å². The second-order valence-corrected chi connectivity index (χ2v) is 8.60. The molecule has 8 nitrogen and oxygen atoms in total. The average molecular weight is 569 g/mol. The lowest BCUT2D eigenvalue weighted by molar-refractivity contribution is -0.122. The van der Waals surface area contributed by atoms with Crippen LogP contribution in [0.4, 0.5) is 10.5 Å². The van der Waals surface area contributed by atoms with Gasteiger partial charge in [-0.15, -0.1) is 0 Å². The number of hydrogen-bond donors (Lipinski definition) is 1. The summed E-state index contributed by atoms with van der Waals surface area (Å²) in [4.78, 5) is 43.3. The molecule has 0 saturated carbocycles. The molecule has 2 heterocycles. The standard InChI is InChI=1S/C25H20IN3O5/c1-15-6-5-8-18(10-15)29-24(31)19(23(30)28-25(29)32)11-16-12-20(26)22(21(13-16)33-2)34-14-17-7-3-4-9-27-17/h3-13H,14H2,1-2H3,(H,28,30,32)/b19-11+. The van der Waals surface area contributed by atoms with Gasteiger partial charge in [-0.2, -0.15) is 0 Å². The molecule has 1 fully saturated rings. The van der Waals surface area contributed by atoms with Crippen molar-refractivity contribution in [2.24, 2.45) is 0 Å². The van der Waals surface area contributed by atoms with Gasteiger partial charge in [-0.25, -0.2) is 9.69 Å². The average Bonchev–Trinajstić information content (AvgIpc) is 2.81. The Kier molecular flexibility index (Phi) is 6.92. The maximum Gasteiger partial charge on any atom is 0.335 e. The lowest BCUT2D eigenvalue weighted by Gasteiger charge is -2.26. The Balaban J connectivity index is 1.65. The molecule has 2 aromatic carbocycles. The number of methoxy groups -OCH3 is 1. The summed E-state index contributed by atoms with van der Waals surface area (Å²) in [5, 5.41) is 2.24. The van der Waals surface area contributed by atoms with Crippen LogP contribution in [0.3, 0.4) is 0 Å². The zero-order valence-corrected chi connectivity index (χ0v) is 20.5. The fraction of sp³-hybridized carbons (Fsp3) is 0.120. The highest BCUT2D eigenvalue weighted by Crippen LogP contribution is 2.35. The number of hydrogen-bond acceptors (Lipinski definition) is 6. The van der Waals surface area contributed by atoms with Crippen molar-refractivity contribution in [2.45, 2.75) is 13.5 Å². The van der Waals surface area contributed by atoms with Crippen molar-refractivity contribution in [3.8, 4) is 11.5 Å². The molecule has 4 amide bonds. The van der Waals surface area contributed by atoms with E-state index in [2.05, 4.69) is 32.9 Å². The van der Waals surface area contributed by atoms with E-state index in [0.717, 1.165) is 19.7 Å². The van der Waals surface area contributed by atoms with Crippen LogP contribution in [-0.2, 0) is 16.2 Å². The lowest BCUT2D eigenvalue weighted by atomic mass is 10.1. The number of imide groups is 2. The topological polar surface area (TPSA) is 97.8 Å². The van der Waals surface area contributed by atoms with E-state index in [1.165, 1.54) is 13.2 Å². The van der Waals surface area contributed by atoms with E-state index >= 15 is 0 Å². The molecule has 3 aromatic rings. The van der Waals surface area contributed by atoms with E-state index in [4.69, 9.17) is 9.47 Å². The summed E-state index contributed by atoms with van der Waals surface area (Å²) in [5.41, 5.74) is 2.40. The van der Waals surface area contributed by atoms with Crippen molar-refractivity contribution >= 4 is 52.2 Å². The van der Waals surface area contributed by atoms with Gasteiger partial charge in [0.05, 0.1) is 22.1 Å². The summed E-state index contributed by atoms with van der Waals surface area (Å²) in [6.45, 7) is 2.10. The number of ether oxygens (including phenoxy) is 2. The normalized spacial score (nSPS) is 14.9. The number of aromatic nitrogens is 1. The predicted molar refractivity (Wildman–Crippen MR) is 134 cm³/mol. The Morgan fingerprint density at radius 1 is 1.09 bits per heavy atom. The molecule has 34 heavy (non-hydrogen) atoms. The number of anilines is 1. The summed E-state index contributed by atoms with van der Waals surface area (Å²) in [5.74, 6) is -0.510. The number of aryl methyl sites for hydroxylation is 1. The number of amides is 4. The minimum Gasteiger partial charge on any atom is -0.493 e. The number of rotatable bonds is 6. The van der Waals surface area contributed by atoms with E-state index in [1.807, 2.05) is 31.2 Å². The number of carbonyl (C=O) groups is 3. The minimum absolute atomic E-state index is 0.166. The number of nitrogens with one attached hydrogen (secondary N) is 1. The Labute approximate surface area is 209 Å². The van der Waals surface area contributed by atoms with Crippen LogP contribution < -0.4 is 19.7 Å². The van der Waals surface area contributed by atoms with Crippen LogP contribution in [0.2, 0.25) is 0 Å². The quantitative estimate of drug-likeness (QED) is 0.271. The fourth-order valence-electron chi connectivity index (χ4n) is 3.42. The van der Waals surface area contributed by atoms with Gasteiger partial charge in [0, 0.05) is 6.20 Å². The van der Waals surface area contributed by atoms with Crippen LogP contribution in [-0.4, -0.2) is 29.9 Å². The zero-order chi connectivity index (χ0) is 24.2. The van der Waals surface area contributed by atoms with Gasteiger partial charge in [-0.3, -0.25) is 19.9 Å². The highest BCUT2D eigenvalue weighted by atomic mass is 127. The van der Waals surface area contributed by atoms with Crippen molar-refractivity contribution in [3.05, 3.63) is 86.8 Å². The molecular formula is C25H20IN3O5. The largest absolute Gasteiger partial charge is 0.493 e. The van der Waals surface area contributed by atoms with E-state index in [1.54, 1.807) is 36.5 Å². The van der Waals surface area contributed by atoms with E-state index in [-0.39, 0.29) is 12.2 Å².